The fourth-order valence-electron chi connectivity index (χ4n) is 1.63. The second kappa shape index (κ2) is 7.97. The average Bonchev–Trinajstić information content (AvgIpc) is 2.25. The lowest BCUT2D eigenvalue weighted by Gasteiger charge is -2.23. The molecule has 1 heterocycles. The molecule has 0 saturated carbocycles. The molecule has 0 bridgehead atoms. The number of hydrogen-bond acceptors (Lipinski definition) is 3. The van der Waals surface area contributed by atoms with E-state index < -0.39 is 0 Å². The van der Waals surface area contributed by atoms with E-state index in [9.17, 15) is 0 Å². The van der Waals surface area contributed by atoms with Gasteiger partial charge in [0.1, 0.15) is 0 Å². The highest BCUT2D eigenvalue weighted by Gasteiger charge is 2.10. The second-order valence-electron chi connectivity index (χ2n) is 3.69. The number of ether oxygens (including phenoxy) is 1. The summed E-state index contributed by atoms with van der Waals surface area (Å²) >= 11 is 0. The molecule has 3 nitrogen and oxygen atoms in total. The van der Waals surface area contributed by atoms with E-state index in [1.54, 1.807) is 0 Å². The third-order valence-electron chi connectivity index (χ3n) is 2.44. The third-order valence-corrected chi connectivity index (χ3v) is 2.44. The lowest BCUT2D eigenvalue weighted by atomic mass is 10.1. The molecule has 14 heavy (non-hydrogen) atoms. The zero-order chi connectivity index (χ0) is 10.1. The van der Waals surface area contributed by atoms with Crippen LogP contribution in [0.15, 0.2) is 12.7 Å². The summed E-state index contributed by atoms with van der Waals surface area (Å²) in [5, 5.41) is 6.86. The number of rotatable bonds is 7. The monoisotopic (exact) mass is 198 g/mol. The Kier molecular flexibility index (Phi) is 6.66. The van der Waals surface area contributed by atoms with Crippen LogP contribution < -0.4 is 10.6 Å². The Morgan fingerprint density at radius 2 is 2.43 bits per heavy atom. The molecule has 0 aromatic rings. The fourth-order valence-corrected chi connectivity index (χ4v) is 1.63. The molecule has 1 saturated heterocycles. The Morgan fingerprint density at radius 1 is 1.50 bits per heavy atom. The van der Waals surface area contributed by atoms with Gasteiger partial charge in [0.05, 0.1) is 13.2 Å². The highest BCUT2D eigenvalue weighted by Crippen LogP contribution is 2.00. The van der Waals surface area contributed by atoms with Crippen molar-refractivity contribution in [3.8, 4) is 0 Å². The van der Waals surface area contributed by atoms with Gasteiger partial charge in [-0.3, -0.25) is 0 Å². The van der Waals surface area contributed by atoms with Gasteiger partial charge in [-0.15, -0.1) is 6.58 Å². The van der Waals surface area contributed by atoms with Gasteiger partial charge < -0.3 is 15.4 Å². The molecule has 82 valence electrons. The van der Waals surface area contributed by atoms with Gasteiger partial charge in [0, 0.05) is 19.1 Å². The number of nitrogens with one attached hydrogen (secondary N) is 2. The highest BCUT2D eigenvalue weighted by molar-refractivity contribution is 4.74. The van der Waals surface area contributed by atoms with Crippen molar-refractivity contribution in [1.29, 1.82) is 0 Å². The maximum absolute atomic E-state index is 5.41. The first-order chi connectivity index (χ1) is 6.93. The molecule has 1 aliphatic heterocycles. The lowest BCUT2D eigenvalue weighted by molar-refractivity contribution is 0.137. The maximum Gasteiger partial charge on any atom is 0.0591 e. The van der Waals surface area contributed by atoms with Crippen molar-refractivity contribution in [2.45, 2.75) is 25.3 Å². The Morgan fingerprint density at radius 3 is 3.14 bits per heavy atom. The van der Waals surface area contributed by atoms with Crippen LogP contribution in [0.2, 0.25) is 0 Å². The molecule has 0 radical (unpaired) electrons. The summed E-state index contributed by atoms with van der Waals surface area (Å²) in [6, 6.07) is 0.645. The minimum Gasteiger partial charge on any atom is -0.380 e. The standard InChI is InChI=1S/C11H22N2O/c1-2-3-8-14-9-7-13-11-5-4-6-12-10-11/h2,11-13H,1,3-10H2. The van der Waals surface area contributed by atoms with E-state index in [0.717, 1.165) is 32.7 Å². The first kappa shape index (κ1) is 11.7. The molecule has 1 rings (SSSR count). The molecule has 2 N–H and O–H groups in total. The van der Waals surface area contributed by atoms with Crippen LogP contribution in [0, 0.1) is 0 Å². The Balaban J connectivity index is 1.85. The van der Waals surface area contributed by atoms with Gasteiger partial charge in [-0.05, 0) is 25.8 Å². The molecule has 0 amide bonds. The molecule has 0 spiro atoms. The van der Waals surface area contributed by atoms with Gasteiger partial charge in [0.2, 0.25) is 0 Å². The molecule has 1 atom stereocenters. The molecular formula is C11H22N2O. The average molecular weight is 198 g/mol. The Labute approximate surface area is 86.9 Å². The van der Waals surface area contributed by atoms with Crippen molar-refractivity contribution in [3.63, 3.8) is 0 Å². The third kappa shape index (κ3) is 5.37. The van der Waals surface area contributed by atoms with Gasteiger partial charge in [0.25, 0.3) is 0 Å². The van der Waals surface area contributed by atoms with Crippen LogP contribution >= 0.6 is 0 Å². The quantitative estimate of drug-likeness (QED) is 0.471. The van der Waals surface area contributed by atoms with Gasteiger partial charge in [-0.25, -0.2) is 0 Å². The SMILES string of the molecule is C=CCCOCCNC1CCCNC1. The van der Waals surface area contributed by atoms with Crippen LogP contribution in [0.4, 0.5) is 0 Å². The van der Waals surface area contributed by atoms with E-state index in [-0.39, 0.29) is 0 Å². The van der Waals surface area contributed by atoms with E-state index in [4.69, 9.17) is 4.74 Å². The van der Waals surface area contributed by atoms with Gasteiger partial charge in [-0.2, -0.15) is 0 Å². The highest BCUT2D eigenvalue weighted by atomic mass is 16.5. The topological polar surface area (TPSA) is 33.3 Å². The summed E-state index contributed by atoms with van der Waals surface area (Å²) in [7, 11) is 0. The maximum atomic E-state index is 5.41. The fraction of sp³-hybridized carbons (Fsp3) is 0.818. The van der Waals surface area contributed by atoms with Crippen molar-refractivity contribution in [3.05, 3.63) is 12.7 Å². The summed E-state index contributed by atoms with van der Waals surface area (Å²) in [6.45, 7) is 8.50. The van der Waals surface area contributed by atoms with Crippen molar-refractivity contribution in [2.24, 2.45) is 0 Å². The minimum absolute atomic E-state index is 0.645. The summed E-state index contributed by atoms with van der Waals surface area (Å²) in [6.07, 6.45) is 5.41. The van der Waals surface area contributed by atoms with Gasteiger partial charge >= 0.3 is 0 Å². The molecule has 1 fully saturated rings. The van der Waals surface area contributed by atoms with Crippen molar-refractivity contribution in [1.82, 2.24) is 10.6 Å². The Bertz CT molecular complexity index is 144. The van der Waals surface area contributed by atoms with Crippen LogP contribution in [0.3, 0.4) is 0 Å². The van der Waals surface area contributed by atoms with Crippen LogP contribution in [-0.4, -0.2) is 38.9 Å². The number of hydrogen-bond donors (Lipinski definition) is 2. The lowest BCUT2D eigenvalue weighted by Crippen LogP contribution is -2.44. The van der Waals surface area contributed by atoms with Crippen LogP contribution in [-0.2, 0) is 4.74 Å². The zero-order valence-electron chi connectivity index (χ0n) is 8.93. The first-order valence-corrected chi connectivity index (χ1v) is 5.56. The molecule has 1 unspecified atom stereocenters. The van der Waals surface area contributed by atoms with E-state index in [1.165, 1.54) is 19.4 Å². The van der Waals surface area contributed by atoms with Crippen LogP contribution in [0.5, 0.6) is 0 Å². The van der Waals surface area contributed by atoms with E-state index in [0.29, 0.717) is 6.04 Å². The summed E-state index contributed by atoms with van der Waals surface area (Å²) in [5.74, 6) is 0. The van der Waals surface area contributed by atoms with Crippen molar-refractivity contribution < 1.29 is 4.74 Å². The van der Waals surface area contributed by atoms with Gasteiger partial charge in [0.15, 0.2) is 0 Å². The summed E-state index contributed by atoms with van der Waals surface area (Å²) in [4.78, 5) is 0. The predicted molar refractivity (Wildman–Crippen MR) is 59.5 cm³/mol. The molecule has 0 aliphatic carbocycles. The molecule has 0 aromatic carbocycles. The van der Waals surface area contributed by atoms with E-state index in [2.05, 4.69) is 17.2 Å². The minimum atomic E-state index is 0.645. The molecule has 3 heteroatoms. The first-order valence-electron chi connectivity index (χ1n) is 5.56. The summed E-state index contributed by atoms with van der Waals surface area (Å²) < 4.78 is 5.41. The smallest absolute Gasteiger partial charge is 0.0591 e. The van der Waals surface area contributed by atoms with Gasteiger partial charge in [-0.1, -0.05) is 6.08 Å². The molecule has 0 aromatic heterocycles. The Hall–Kier alpha value is -0.380. The number of piperidine rings is 1. The van der Waals surface area contributed by atoms with Crippen molar-refractivity contribution >= 4 is 0 Å². The second-order valence-corrected chi connectivity index (χ2v) is 3.69. The van der Waals surface area contributed by atoms with Crippen LogP contribution in [0.25, 0.3) is 0 Å². The summed E-state index contributed by atoms with van der Waals surface area (Å²) in [5.41, 5.74) is 0. The zero-order valence-corrected chi connectivity index (χ0v) is 8.93. The molecular weight excluding hydrogens is 176 g/mol. The normalized spacial score (nSPS) is 22.1. The molecule has 1 aliphatic rings. The van der Waals surface area contributed by atoms with Crippen molar-refractivity contribution in [2.75, 3.05) is 32.8 Å². The van der Waals surface area contributed by atoms with E-state index in [1.807, 2.05) is 6.08 Å². The van der Waals surface area contributed by atoms with E-state index >= 15 is 0 Å². The van der Waals surface area contributed by atoms with Crippen LogP contribution in [0.1, 0.15) is 19.3 Å². The largest absolute Gasteiger partial charge is 0.380 e. The predicted octanol–water partition coefficient (Wildman–Crippen LogP) is 0.921.